The van der Waals surface area contributed by atoms with Gasteiger partial charge in [-0.15, -0.1) is 0 Å². The van der Waals surface area contributed by atoms with Crippen LogP contribution in [0.25, 0.3) is 11.1 Å². The van der Waals surface area contributed by atoms with E-state index < -0.39 is 0 Å². The summed E-state index contributed by atoms with van der Waals surface area (Å²) in [5.74, 6) is 0.940. The predicted octanol–water partition coefficient (Wildman–Crippen LogP) is 3.02. The van der Waals surface area contributed by atoms with Crippen molar-refractivity contribution >= 4 is 5.91 Å². The van der Waals surface area contributed by atoms with Crippen LogP contribution in [0.4, 0.5) is 0 Å². The van der Waals surface area contributed by atoms with Crippen molar-refractivity contribution in [3.8, 4) is 16.9 Å². The fourth-order valence-corrected chi connectivity index (χ4v) is 2.80. The summed E-state index contributed by atoms with van der Waals surface area (Å²) >= 11 is 0. The minimum Gasteiger partial charge on any atom is -0.493 e. The third-order valence-corrected chi connectivity index (χ3v) is 4.18. The molecule has 0 atom stereocenters. The van der Waals surface area contributed by atoms with Gasteiger partial charge in [-0.1, -0.05) is 36.4 Å². The van der Waals surface area contributed by atoms with Gasteiger partial charge in [-0.25, -0.2) is 0 Å². The highest BCUT2D eigenvalue weighted by atomic mass is 16.5. The molecular weight excluding hydrogens is 312 g/mol. The largest absolute Gasteiger partial charge is 0.493 e. The van der Waals surface area contributed by atoms with E-state index in [1.165, 1.54) is 16.7 Å². The lowest BCUT2D eigenvalue weighted by Gasteiger charge is -2.07. The van der Waals surface area contributed by atoms with Crippen LogP contribution in [0.15, 0.2) is 54.6 Å². The molecule has 1 aliphatic rings. The second-order valence-corrected chi connectivity index (χ2v) is 6.50. The lowest BCUT2D eigenvalue weighted by atomic mass is 10.0. The van der Waals surface area contributed by atoms with Crippen LogP contribution in [-0.2, 0) is 17.8 Å². The summed E-state index contributed by atoms with van der Waals surface area (Å²) in [5, 5.41) is 2.91. The average molecular weight is 336 g/mol. The van der Waals surface area contributed by atoms with E-state index in [4.69, 9.17) is 4.74 Å². The van der Waals surface area contributed by atoms with E-state index >= 15 is 0 Å². The highest BCUT2D eigenvalue weighted by Crippen LogP contribution is 2.30. The third-order valence-electron chi connectivity index (χ3n) is 4.18. The number of fused-ring (bicyclic) bond motifs is 1. The Bertz CT molecular complexity index is 764. The van der Waals surface area contributed by atoms with Crippen molar-refractivity contribution in [3.63, 3.8) is 0 Å². The molecule has 0 unspecified atom stereocenters. The quantitative estimate of drug-likeness (QED) is 0.825. The van der Waals surface area contributed by atoms with Crippen LogP contribution in [0, 0.1) is 0 Å². The molecule has 0 bridgehead atoms. The fraction of sp³-hybridized carbons (Fsp3) is 0.286. The Hall–Kier alpha value is -2.59. The summed E-state index contributed by atoms with van der Waals surface area (Å²) < 4.78 is 5.56. The standard InChI is InChI=1S/C21H24N2O2/c1-23(2)12-3-4-21(24)22-15-16-5-7-17(8-6-16)18-9-10-20-19(14-18)11-13-25-20/h3-10,14H,11-13,15H2,1-2H3,(H,22,24)/b4-3+. The molecule has 0 radical (unpaired) electrons. The highest BCUT2D eigenvalue weighted by Gasteiger charge is 2.12. The van der Waals surface area contributed by atoms with Crippen LogP contribution in [-0.4, -0.2) is 38.1 Å². The first-order chi connectivity index (χ1) is 12.1. The van der Waals surface area contributed by atoms with Gasteiger partial charge >= 0.3 is 0 Å². The van der Waals surface area contributed by atoms with Gasteiger partial charge in [-0.2, -0.15) is 0 Å². The number of ether oxygens (including phenoxy) is 1. The Balaban J connectivity index is 1.57. The van der Waals surface area contributed by atoms with E-state index in [1.807, 2.05) is 31.1 Å². The SMILES string of the molecule is CN(C)C/C=C/C(=O)NCc1ccc(-c2ccc3c(c2)CCO3)cc1. The van der Waals surface area contributed by atoms with Crippen molar-refractivity contribution in [1.82, 2.24) is 10.2 Å². The molecule has 4 nitrogen and oxygen atoms in total. The molecule has 1 aliphatic heterocycles. The first-order valence-corrected chi connectivity index (χ1v) is 8.56. The number of benzene rings is 2. The van der Waals surface area contributed by atoms with Crippen LogP contribution >= 0.6 is 0 Å². The normalized spacial score (nSPS) is 13.1. The van der Waals surface area contributed by atoms with Crippen molar-refractivity contribution in [2.45, 2.75) is 13.0 Å². The summed E-state index contributed by atoms with van der Waals surface area (Å²) in [6.45, 7) is 2.07. The van der Waals surface area contributed by atoms with Gasteiger partial charge in [0.15, 0.2) is 0 Å². The summed E-state index contributed by atoms with van der Waals surface area (Å²) in [6, 6.07) is 14.7. The molecule has 0 saturated heterocycles. The van der Waals surface area contributed by atoms with Crippen LogP contribution < -0.4 is 10.1 Å². The van der Waals surface area contributed by atoms with Gasteiger partial charge in [-0.05, 0) is 48.5 Å². The van der Waals surface area contributed by atoms with Crippen molar-refractivity contribution in [2.24, 2.45) is 0 Å². The van der Waals surface area contributed by atoms with Gasteiger partial charge in [0.1, 0.15) is 5.75 Å². The van der Waals surface area contributed by atoms with Gasteiger partial charge in [0.25, 0.3) is 0 Å². The number of hydrogen-bond acceptors (Lipinski definition) is 3. The topological polar surface area (TPSA) is 41.6 Å². The number of nitrogens with one attached hydrogen (secondary N) is 1. The summed E-state index contributed by atoms with van der Waals surface area (Å²) in [7, 11) is 3.94. The van der Waals surface area contributed by atoms with Crippen molar-refractivity contribution in [3.05, 3.63) is 65.7 Å². The minimum absolute atomic E-state index is 0.0652. The Morgan fingerprint density at radius 1 is 1.16 bits per heavy atom. The lowest BCUT2D eigenvalue weighted by molar-refractivity contribution is -0.116. The summed E-state index contributed by atoms with van der Waals surface area (Å²) in [5.41, 5.74) is 4.74. The molecule has 0 saturated carbocycles. The van der Waals surface area contributed by atoms with E-state index in [0.29, 0.717) is 6.54 Å². The number of nitrogens with zero attached hydrogens (tertiary/aromatic N) is 1. The third kappa shape index (κ3) is 4.70. The van der Waals surface area contributed by atoms with Crippen LogP contribution in [0.1, 0.15) is 11.1 Å². The molecular formula is C21H24N2O2. The predicted molar refractivity (Wildman–Crippen MR) is 101 cm³/mol. The Morgan fingerprint density at radius 3 is 2.68 bits per heavy atom. The number of amides is 1. The first-order valence-electron chi connectivity index (χ1n) is 8.56. The molecule has 1 amide bonds. The Kier molecular flexibility index (Phi) is 5.51. The number of likely N-dealkylation sites (N-methyl/N-ethyl adjacent to an activating group) is 1. The van der Waals surface area contributed by atoms with Crippen LogP contribution in [0.3, 0.4) is 0 Å². The number of carbonyl (C=O) groups excluding carboxylic acids is 1. The molecule has 0 spiro atoms. The van der Waals surface area contributed by atoms with Gasteiger partial charge in [0, 0.05) is 25.6 Å². The van der Waals surface area contributed by atoms with Gasteiger partial charge < -0.3 is 15.0 Å². The zero-order valence-corrected chi connectivity index (χ0v) is 14.8. The summed E-state index contributed by atoms with van der Waals surface area (Å²) in [6.07, 6.45) is 4.42. The van der Waals surface area contributed by atoms with Gasteiger partial charge in [0.05, 0.1) is 6.61 Å². The van der Waals surface area contributed by atoms with Crippen LogP contribution in [0.5, 0.6) is 5.75 Å². The van der Waals surface area contributed by atoms with Crippen molar-refractivity contribution < 1.29 is 9.53 Å². The average Bonchev–Trinajstić information content (AvgIpc) is 3.08. The van der Waals surface area contributed by atoms with E-state index in [0.717, 1.165) is 30.9 Å². The monoisotopic (exact) mass is 336 g/mol. The van der Waals surface area contributed by atoms with E-state index in [9.17, 15) is 4.79 Å². The molecule has 3 rings (SSSR count). The van der Waals surface area contributed by atoms with Crippen LogP contribution in [0.2, 0.25) is 0 Å². The molecule has 0 aromatic heterocycles. The van der Waals surface area contributed by atoms with Gasteiger partial charge in [-0.3, -0.25) is 4.79 Å². The maximum Gasteiger partial charge on any atom is 0.243 e. The molecule has 0 fully saturated rings. The Morgan fingerprint density at radius 2 is 1.92 bits per heavy atom. The molecule has 2 aromatic rings. The lowest BCUT2D eigenvalue weighted by Crippen LogP contribution is -2.21. The van der Waals surface area contributed by atoms with Gasteiger partial charge in [0.2, 0.25) is 5.91 Å². The molecule has 2 aromatic carbocycles. The zero-order valence-electron chi connectivity index (χ0n) is 14.8. The molecule has 1 N–H and O–H groups in total. The molecule has 25 heavy (non-hydrogen) atoms. The molecule has 4 heteroatoms. The van der Waals surface area contributed by atoms with E-state index in [2.05, 4.69) is 41.7 Å². The molecule has 0 aliphatic carbocycles. The molecule has 130 valence electrons. The fourth-order valence-electron chi connectivity index (χ4n) is 2.80. The zero-order chi connectivity index (χ0) is 17.6. The number of carbonyl (C=O) groups is 1. The first kappa shape index (κ1) is 17.2. The number of rotatable bonds is 6. The van der Waals surface area contributed by atoms with Crippen molar-refractivity contribution in [2.75, 3.05) is 27.2 Å². The second kappa shape index (κ2) is 7.99. The summed E-state index contributed by atoms with van der Waals surface area (Å²) in [4.78, 5) is 13.8. The van der Waals surface area contributed by atoms with Crippen molar-refractivity contribution in [1.29, 1.82) is 0 Å². The highest BCUT2D eigenvalue weighted by molar-refractivity contribution is 5.87. The minimum atomic E-state index is -0.0652. The van der Waals surface area contributed by atoms with E-state index in [-0.39, 0.29) is 5.91 Å². The second-order valence-electron chi connectivity index (χ2n) is 6.50. The molecule has 1 heterocycles. The Labute approximate surface area is 149 Å². The van der Waals surface area contributed by atoms with E-state index in [1.54, 1.807) is 6.08 Å². The smallest absolute Gasteiger partial charge is 0.243 e. The maximum atomic E-state index is 11.8. The number of hydrogen-bond donors (Lipinski definition) is 1. The maximum absolute atomic E-state index is 11.8.